The van der Waals surface area contributed by atoms with Gasteiger partial charge in [-0.15, -0.1) is 0 Å². The molecule has 134 valence electrons. The van der Waals surface area contributed by atoms with Crippen LogP contribution in [0, 0.1) is 5.92 Å². The summed E-state index contributed by atoms with van der Waals surface area (Å²) in [4.78, 5) is 24.4. The van der Waals surface area contributed by atoms with E-state index >= 15 is 0 Å². The Hall–Kier alpha value is -1.30. The Morgan fingerprint density at radius 2 is 1.78 bits per heavy atom. The van der Waals surface area contributed by atoms with Gasteiger partial charge in [0.15, 0.2) is 6.04 Å². The molecule has 2 unspecified atom stereocenters. The molecule has 0 aromatic rings. The fourth-order valence-corrected chi connectivity index (χ4v) is 3.01. The van der Waals surface area contributed by atoms with Crippen LogP contribution in [0.3, 0.4) is 0 Å². The van der Waals surface area contributed by atoms with E-state index in [4.69, 9.17) is 14.2 Å². The Kier molecular flexibility index (Phi) is 7.82. The van der Waals surface area contributed by atoms with Gasteiger partial charge in [-0.05, 0) is 46.5 Å². The Morgan fingerprint density at radius 1 is 1.17 bits per heavy atom. The van der Waals surface area contributed by atoms with Gasteiger partial charge in [0.1, 0.15) is 5.60 Å². The molecule has 0 saturated heterocycles. The van der Waals surface area contributed by atoms with E-state index in [1.807, 2.05) is 0 Å². The maximum Gasteiger partial charge on any atom is 0.408 e. The molecule has 0 aromatic carbocycles. The summed E-state index contributed by atoms with van der Waals surface area (Å²) >= 11 is 0. The van der Waals surface area contributed by atoms with Gasteiger partial charge in [-0.1, -0.05) is 19.3 Å². The highest BCUT2D eigenvalue weighted by Gasteiger charge is 2.38. The van der Waals surface area contributed by atoms with E-state index in [9.17, 15) is 9.59 Å². The quantitative estimate of drug-likeness (QED) is 0.758. The van der Waals surface area contributed by atoms with E-state index in [1.54, 1.807) is 34.8 Å². The van der Waals surface area contributed by atoms with Crippen molar-refractivity contribution in [3.8, 4) is 0 Å². The second-order valence-electron chi connectivity index (χ2n) is 6.97. The molecule has 6 heteroatoms. The Bertz CT molecular complexity index is 385. The van der Waals surface area contributed by atoms with Crippen LogP contribution < -0.4 is 5.32 Å². The van der Waals surface area contributed by atoms with Crippen LogP contribution in [0.4, 0.5) is 4.79 Å². The number of alkyl carbamates (subject to hydrolysis) is 1. The molecule has 23 heavy (non-hydrogen) atoms. The highest BCUT2D eigenvalue weighted by molar-refractivity contribution is 5.82. The Balaban J connectivity index is 2.84. The summed E-state index contributed by atoms with van der Waals surface area (Å²) in [7, 11) is 1.57. The standard InChI is InChI=1S/C17H31NO5/c1-6-22-15(19)13(18-16(20)23-17(2,3)4)14(21-5)12-10-8-7-9-11-12/h12-14H,6-11H2,1-5H3,(H,18,20). The largest absolute Gasteiger partial charge is 0.464 e. The van der Waals surface area contributed by atoms with Crippen LogP contribution in [-0.4, -0.2) is 43.5 Å². The number of rotatable bonds is 6. The lowest BCUT2D eigenvalue weighted by molar-refractivity contribution is -0.151. The number of esters is 1. The van der Waals surface area contributed by atoms with Crippen LogP contribution in [0.15, 0.2) is 0 Å². The fraction of sp³-hybridized carbons (Fsp3) is 0.882. The number of hydrogen-bond donors (Lipinski definition) is 1. The molecule has 1 amide bonds. The monoisotopic (exact) mass is 329 g/mol. The summed E-state index contributed by atoms with van der Waals surface area (Å²) in [6.07, 6.45) is 4.39. The molecule has 0 radical (unpaired) electrons. The van der Waals surface area contributed by atoms with Gasteiger partial charge in [-0.3, -0.25) is 0 Å². The van der Waals surface area contributed by atoms with Crippen molar-refractivity contribution in [1.82, 2.24) is 5.32 Å². The summed E-state index contributed by atoms with van der Waals surface area (Å²) in [6, 6.07) is -0.849. The molecule has 6 nitrogen and oxygen atoms in total. The van der Waals surface area contributed by atoms with Gasteiger partial charge in [0.25, 0.3) is 0 Å². The molecule has 0 spiro atoms. The van der Waals surface area contributed by atoms with Crippen molar-refractivity contribution in [2.24, 2.45) is 5.92 Å². The molecule has 0 aliphatic heterocycles. The third-order valence-corrected chi connectivity index (χ3v) is 3.93. The van der Waals surface area contributed by atoms with Crippen molar-refractivity contribution in [3.05, 3.63) is 0 Å². The molecule has 1 aliphatic rings. The van der Waals surface area contributed by atoms with Gasteiger partial charge in [-0.25, -0.2) is 9.59 Å². The lowest BCUT2D eigenvalue weighted by Crippen LogP contribution is -2.54. The average Bonchev–Trinajstić information content (AvgIpc) is 2.46. The van der Waals surface area contributed by atoms with E-state index in [0.29, 0.717) is 0 Å². The number of carbonyl (C=O) groups excluding carboxylic acids is 2. The van der Waals surface area contributed by atoms with Crippen molar-refractivity contribution in [2.75, 3.05) is 13.7 Å². The molecule has 0 aromatic heterocycles. The number of methoxy groups -OCH3 is 1. The first-order chi connectivity index (χ1) is 10.8. The molecule has 1 aliphatic carbocycles. The summed E-state index contributed by atoms with van der Waals surface area (Å²) in [5.41, 5.74) is -0.628. The number of nitrogens with one attached hydrogen (secondary N) is 1. The van der Waals surface area contributed by atoms with Crippen LogP contribution in [0.2, 0.25) is 0 Å². The molecular formula is C17H31NO5. The zero-order chi connectivity index (χ0) is 17.5. The maximum absolute atomic E-state index is 12.3. The second-order valence-corrected chi connectivity index (χ2v) is 6.97. The van der Waals surface area contributed by atoms with Crippen molar-refractivity contribution < 1.29 is 23.8 Å². The highest BCUT2D eigenvalue weighted by atomic mass is 16.6. The summed E-state index contributed by atoms with van der Waals surface area (Å²) in [5.74, 6) is -0.242. The van der Waals surface area contributed by atoms with Crippen molar-refractivity contribution >= 4 is 12.1 Å². The van der Waals surface area contributed by atoms with E-state index in [2.05, 4.69) is 5.32 Å². The van der Waals surface area contributed by atoms with E-state index < -0.39 is 29.8 Å². The smallest absolute Gasteiger partial charge is 0.408 e. The van der Waals surface area contributed by atoms with Crippen molar-refractivity contribution in [1.29, 1.82) is 0 Å². The SMILES string of the molecule is CCOC(=O)C(NC(=O)OC(C)(C)C)C(OC)C1CCCCC1. The third-order valence-electron chi connectivity index (χ3n) is 3.93. The molecular weight excluding hydrogens is 298 g/mol. The fourth-order valence-electron chi connectivity index (χ4n) is 3.01. The van der Waals surface area contributed by atoms with Crippen LogP contribution in [0.25, 0.3) is 0 Å². The van der Waals surface area contributed by atoms with Gasteiger partial charge in [0, 0.05) is 7.11 Å². The molecule has 1 saturated carbocycles. The van der Waals surface area contributed by atoms with Crippen LogP contribution in [0.5, 0.6) is 0 Å². The zero-order valence-corrected chi connectivity index (χ0v) is 15.0. The third kappa shape index (κ3) is 6.77. The summed E-state index contributed by atoms with van der Waals surface area (Å²) in [5, 5.41) is 2.65. The first kappa shape index (κ1) is 19.7. The van der Waals surface area contributed by atoms with Gasteiger partial charge in [0.05, 0.1) is 12.7 Å². The minimum absolute atomic E-state index is 0.234. The predicted molar refractivity (Wildman–Crippen MR) is 87.2 cm³/mol. The van der Waals surface area contributed by atoms with Crippen molar-refractivity contribution in [2.45, 2.75) is 77.5 Å². The maximum atomic E-state index is 12.3. The molecule has 2 atom stereocenters. The first-order valence-electron chi connectivity index (χ1n) is 8.47. The van der Waals surface area contributed by atoms with E-state index in [1.165, 1.54) is 6.42 Å². The van der Waals surface area contributed by atoms with Crippen LogP contribution in [0.1, 0.15) is 59.8 Å². The number of ether oxygens (including phenoxy) is 3. The second kappa shape index (κ2) is 9.11. The van der Waals surface area contributed by atoms with E-state index in [0.717, 1.165) is 25.7 Å². The Morgan fingerprint density at radius 3 is 2.26 bits per heavy atom. The predicted octanol–water partition coefficient (Wildman–Crippen LogP) is 3.04. The molecule has 1 rings (SSSR count). The van der Waals surface area contributed by atoms with Crippen molar-refractivity contribution in [3.63, 3.8) is 0 Å². The lowest BCUT2D eigenvalue weighted by atomic mass is 9.82. The molecule has 1 fully saturated rings. The minimum Gasteiger partial charge on any atom is -0.464 e. The average molecular weight is 329 g/mol. The topological polar surface area (TPSA) is 73.9 Å². The minimum atomic E-state index is -0.849. The van der Waals surface area contributed by atoms with E-state index in [-0.39, 0.29) is 12.5 Å². The van der Waals surface area contributed by atoms with Crippen LogP contribution in [-0.2, 0) is 19.0 Å². The molecule has 0 bridgehead atoms. The van der Waals surface area contributed by atoms with Crippen LogP contribution >= 0.6 is 0 Å². The van der Waals surface area contributed by atoms with Gasteiger partial charge >= 0.3 is 12.1 Å². The van der Waals surface area contributed by atoms with Gasteiger partial charge < -0.3 is 19.5 Å². The number of hydrogen-bond acceptors (Lipinski definition) is 5. The number of amides is 1. The lowest BCUT2D eigenvalue weighted by Gasteiger charge is -2.34. The molecule has 0 heterocycles. The normalized spacial score (nSPS) is 18.8. The van der Waals surface area contributed by atoms with Gasteiger partial charge in [0.2, 0.25) is 0 Å². The summed E-state index contributed by atoms with van der Waals surface area (Å²) < 4.78 is 16.0. The molecule has 1 N–H and O–H groups in total. The van der Waals surface area contributed by atoms with Gasteiger partial charge in [-0.2, -0.15) is 0 Å². The Labute approximate surface area is 139 Å². The number of carbonyl (C=O) groups is 2. The first-order valence-corrected chi connectivity index (χ1v) is 8.47. The zero-order valence-electron chi connectivity index (χ0n) is 15.0. The summed E-state index contributed by atoms with van der Waals surface area (Å²) in [6.45, 7) is 7.33. The highest BCUT2D eigenvalue weighted by Crippen LogP contribution is 2.29.